The van der Waals surface area contributed by atoms with Crippen molar-refractivity contribution < 1.29 is 14.3 Å². The number of rotatable bonds is 4. The second-order valence-electron chi connectivity index (χ2n) is 4.91. The van der Waals surface area contributed by atoms with Gasteiger partial charge in [0, 0.05) is 6.54 Å². The summed E-state index contributed by atoms with van der Waals surface area (Å²) in [7, 11) is 0. The second kappa shape index (κ2) is 6.71. The fourth-order valence-corrected chi connectivity index (χ4v) is 3.12. The summed E-state index contributed by atoms with van der Waals surface area (Å²) in [5.41, 5.74) is 0.819. The molecule has 1 saturated heterocycles. The highest BCUT2D eigenvalue weighted by atomic mass is 32.2. The molecule has 0 N–H and O–H groups in total. The molecule has 0 bridgehead atoms. The van der Waals surface area contributed by atoms with Crippen LogP contribution in [0, 0.1) is 0 Å². The molecule has 23 heavy (non-hydrogen) atoms. The van der Waals surface area contributed by atoms with Gasteiger partial charge in [0.2, 0.25) is 0 Å². The van der Waals surface area contributed by atoms with Gasteiger partial charge in [0.25, 0.3) is 11.1 Å². The Kier molecular flexibility index (Phi) is 4.48. The Bertz CT molecular complexity index is 771. The van der Waals surface area contributed by atoms with E-state index in [0.29, 0.717) is 17.2 Å². The van der Waals surface area contributed by atoms with Gasteiger partial charge < -0.3 is 4.74 Å². The van der Waals surface area contributed by atoms with Crippen LogP contribution in [0.5, 0.6) is 11.5 Å². The Morgan fingerprint density at radius 1 is 1.04 bits per heavy atom. The number of carbonyl (C=O) groups excluding carboxylic acids is 2. The van der Waals surface area contributed by atoms with Gasteiger partial charge in [0.15, 0.2) is 0 Å². The zero-order valence-corrected chi connectivity index (χ0v) is 13.4. The number of nitrogens with zero attached hydrogens (tertiary/aromatic N) is 1. The van der Waals surface area contributed by atoms with Crippen molar-refractivity contribution in [2.24, 2.45) is 0 Å². The average molecular weight is 325 g/mol. The maximum atomic E-state index is 12.1. The lowest BCUT2D eigenvalue weighted by Gasteiger charge is -2.07. The van der Waals surface area contributed by atoms with Crippen LogP contribution in [-0.2, 0) is 4.79 Å². The van der Waals surface area contributed by atoms with Gasteiger partial charge >= 0.3 is 0 Å². The largest absolute Gasteiger partial charge is 0.457 e. The van der Waals surface area contributed by atoms with Gasteiger partial charge in [-0.2, -0.15) is 0 Å². The highest BCUT2D eigenvalue weighted by Crippen LogP contribution is 2.32. The summed E-state index contributed by atoms with van der Waals surface area (Å²) < 4.78 is 5.78. The Morgan fingerprint density at radius 2 is 1.78 bits per heavy atom. The highest BCUT2D eigenvalue weighted by molar-refractivity contribution is 8.18. The molecule has 1 aliphatic rings. The van der Waals surface area contributed by atoms with Crippen LogP contribution in [0.1, 0.15) is 12.5 Å². The number of para-hydroxylation sites is 1. The van der Waals surface area contributed by atoms with Crippen LogP contribution in [0.2, 0.25) is 0 Å². The summed E-state index contributed by atoms with van der Waals surface area (Å²) in [6.45, 7) is 2.17. The van der Waals surface area contributed by atoms with E-state index >= 15 is 0 Å². The SMILES string of the molecule is CCN1C(=O)SC(=Cc2cccc(Oc3ccccc3)c2)C1=O. The number of benzene rings is 2. The lowest BCUT2D eigenvalue weighted by Crippen LogP contribution is -2.27. The normalized spacial score (nSPS) is 16.2. The van der Waals surface area contributed by atoms with Crippen molar-refractivity contribution in [3.8, 4) is 11.5 Å². The predicted molar refractivity (Wildman–Crippen MR) is 91.3 cm³/mol. The fraction of sp³-hybridized carbons (Fsp3) is 0.111. The first kappa shape index (κ1) is 15.4. The third-order valence-corrected chi connectivity index (χ3v) is 4.23. The van der Waals surface area contributed by atoms with E-state index in [9.17, 15) is 9.59 Å². The van der Waals surface area contributed by atoms with E-state index in [0.717, 1.165) is 23.1 Å². The number of ether oxygens (including phenoxy) is 1. The van der Waals surface area contributed by atoms with Crippen molar-refractivity contribution in [1.29, 1.82) is 0 Å². The molecule has 0 spiro atoms. The molecule has 0 saturated carbocycles. The first-order chi connectivity index (χ1) is 11.2. The number of hydrogen-bond acceptors (Lipinski definition) is 4. The van der Waals surface area contributed by atoms with E-state index in [1.807, 2.05) is 54.6 Å². The van der Waals surface area contributed by atoms with Gasteiger partial charge in [-0.3, -0.25) is 14.5 Å². The maximum Gasteiger partial charge on any atom is 0.293 e. The molecule has 5 heteroatoms. The summed E-state index contributed by atoms with van der Waals surface area (Å²) in [5.74, 6) is 1.19. The molecule has 0 aromatic heterocycles. The number of thioether (sulfide) groups is 1. The molecule has 2 aromatic carbocycles. The Labute approximate surface area is 138 Å². The lowest BCUT2D eigenvalue weighted by atomic mass is 10.2. The Balaban J connectivity index is 1.82. The molecule has 2 amide bonds. The summed E-state index contributed by atoms with van der Waals surface area (Å²) in [4.78, 5) is 25.5. The molecule has 2 aromatic rings. The molecule has 1 aliphatic heterocycles. The minimum Gasteiger partial charge on any atom is -0.457 e. The quantitative estimate of drug-likeness (QED) is 0.775. The van der Waals surface area contributed by atoms with Crippen LogP contribution in [0.4, 0.5) is 4.79 Å². The van der Waals surface area contributed by atoms with Crippen molar-refractivity contribution in [1.82, 2.24) is 4.90 Å². The first-order valence-corrected chi connectivity index (χ1v) is 8.07. The molecule has 116 valence electrons. The van der Waals surface area contributed by atoms with E-state index in [1.54, 1.807) is 13.0 Å². The maximum absolute atomic E-state index is 12.1. The van der Waals surface area contributed by atoms with Crippen LogP contribution < -0.4 is 4.74 Å². The summed E-state index contributed by atoms with van der Waals surface area (Å²) >= 11 is 0.969. The van der Waals surface area contributed by atoms with Crippen molar-refractivity contribution in [2.75, 3.05) is 6.54 Å². The number of likely N-dealkylation sites (N-methyl/N-ethyl adjacent to an activating group) is 1. The van der Waals surface area contributed by atoms with Crippen molar-refractivity contribution in [3.05, 3.63) is 65.1 Å². The second-order valence-corrected chi connectivity index (χ2v) is 5.91. The molecular weight excluding hydrogens is 310 g/mol. The van der Waals surface area contributed by atoms with Crippen molar-refractivity contribution in [2.45, 2.75) is 6.92 Å². The van der Waals surface area contributed by atoms with Crippen molar-refractivity contribution in [3.63, 3.8) is 0 Å². The summed E-state index contributed by atoms with van der Waals surface area (Å²) in [6.07, 6.45) is 1.72. The summed E-state index contributed by atoms with van der Waals surface area (Å²) in [5, 5.41) is -0.222. The molecule has 1 fully saturated rings. The minimum atomic E-state index is -0.239. The number of amides is 2. The smallest absolute Gasteiger partial charge is 0.293 e. The molecular formula is C18H15NO3S. The van der Waals surface area contributed by atoms with E-state index in [4.69, 9.17) is 4.74 Å². The Morgan fingerprint density at radius 3 is 2.48 bits per heavy atom. The minimum absolute atomic E-state index is 0.222. The molecule has 0 radical (unpaired) electrons. The number of imide groups is 1. The highest BCUT2D eigenvalue weighted by Gasteiger charge is 2.33. The van der Waals surface area contributed by atoms with Gasteiger partial charge in [-0.1, -0.05) is 30.3 Å². The van der Waals surface area contributed by atoms with Crippen LogP contribution in [-0.4, -0.2) is 22.6 Å². The Hall–Kier alpha value is -2.53. The molecule has 3 rings (SSSR count). The average Bonchev–Trinajstić information content (AvgIpc) is 2.82. The standard InChI is InChI=1S/C18H15NO3S/c1-2-19-17(20)16(23-18(19)21)12-13-7-6-10-15(11-13)22-14-8-4-3-5-9-14/h3-12H,2H2,1H3. The molecule has 1 heterocycles. The van der Waals surface area contributed by atoms with E-state index in [2.05, 4.69) is 0 Å². The molecule has 0 unspecified atom stereocenters. The van der Waals surface area contributed by atoms with Gasteiger partial charge in [0.05, 0.1) is 4.91 Å². The third kappa shape index (κ3) is 3.46. The van der Waals surface area contributed by atoms with Gasteiger partial charge in [-0.05, 0) is 54.6 Å². The van der Waals surface area contributed by atoms with Crippen LogP contribution >= 0.6 is 11.8 Å². The van der Waals surface area contributed by atoms with Crippen molar-refractivity contribution >= 4 is 29.0 Å². The zero-order valence-electron chi connectivity index (χ0n) is 12.6. The van der Waals surface area contributed by atoms with Gasteiger partial charge in [-0.25, -0.2) is 0 Å². The lowest BCUT2D eigenvalue weighted by molar-refractivity contribution is -0.122. The van der Waals surface area contributed by atoms with Gasteiger partial charge in [0.1, 0.15) is 11.5 Å². The fourth-order valence-electron chi connectivity index (χ4n) is 2.22. The molecule has 4 nitrogen and oxygen atoms in total. The monoisotopic (exact) mass is 325 g/mol. The third-order valence-electron chi connectivity index (χ3n) is 3.32. The number of carbonyl (C=O) groups is 2. The van der Waals surface area contributed by atoms with E-state index < -0.39 is 0 Å². The van der Waals surface area contributed by atoms with E-state index in [1.165, 1.54) is 4.90 Å². The van der Waals surface area contributed by atoms with Gasteiger partial charge in [-0.15, -0.1) is 0 Å². The molecule has 0 aliphatic carbocycles. The first-order valence-electron chi connectivity index (χ1n) is 7.25. The summed E-state index contributed by atoms with van der Waals surface area (Å²) in [6, 6.07) is 16.9. The van der Waals surface area contributed by atoms with E-state index in [-0.39, 0.29) is 11.1 Å². The topological polar surface area (TPSA) is 46.6 Å². The number of hydrogen-bond donors (Lipinski definition) is 0. The van der Waals surface area contributed by atoms with Crippen LogP contribution in [0.15, 0.2) is 59.5 Å². The van der Waals surface area contributed by atoms with Crippen LogP contribution in [0.25, 0.3) is 6.08 Å². The van der Waals surface area contributed by atoms with Crippen LogP contribution in [0.3, 0.4) is 0 Å². The molecule has 0 atom stereocenters. The zero-order chi connectivity index (χ0) is 16.2. The predicted octanol–water partition coefficient (Wildman–Crippen LogP) is 4.54.